The SMILES string of the molecule is Cc1[nH]c(=O)c(C(=O)NCCC[S@@](C)=O)cc1Br. The lowest BCUT2D eigenvalue weighted by Crippen LogP contribution is -2.31. The first kappa shape index (κ1) is 15.1. The maximum atomic E-state index is 11.7. The lowest BCUT2D eigenvalue weighted by molar-refractivity contribution is 0.0952. The van der Waals surface area contributed by atoms with E-state index in [2.05, 4.69) is 26.2 Å². The standard InChI is InChI=1S/C11H15BrN2O3S/c1-7-9(12)6-8(11(16)14-7)10(15)13-4-3-5-18(2)17/h6H,3-5H2,1-2H3,(H,13,15)(H,14,16)/t18-/m1/s1. The van der Waals surface area contributed by atoms with Gasteiger partial charge in [0.25, 0.3) is 11.5 Å². The molecule has 0 aliphatic rings. The van der Waals surface area contributed by atoms with Crippen LogP contribution < -0.4 is 10.9 Å². The van der Waals surface area contributed by atoms with Gasteiger partial charge >= 0.3 is 0 Å². The highest BCUT2D eigenvalue weighted by molar-refractivity contribution is 9.10. The van der Waals surface area contributed by atoms with Crippen molar-refractivity contribution in [3.63, 3.8) is 0 Å². The van der Waals surface area contributed by atoms with Crippen LogP contribution in [0.1, 0.15) is 22.5 Å². The van der Waals surface area contributed by atoms with Gasteiger partial charge in [0.1, 0.15) is 5.56 Å². The van der Waals surface area contributed by atoms with Crippen LogP contribution >= 0.6 is 15.9 Å². The zero-order valence-electron chi connectivity index (χ0n) is 10.2. The van der Waals surface area contributed by atoms with E-state index >= 15 is 0 Å². The number of aromatic nitrogens is 1. The minimum atomic E-state index is -0.863. The number of aryl methyl sites for hydroxylation is 1. The number of H-pyrrole nitrogens is 1. The average Bonchev–Trinajstić information content (AvgIpc) is 2.28. The summed E-state index contributed by atoms with van der Waals surface area (Å²) in [7, 11) is -0.863. The van der Waals surface area contributed by atoms with Crippen molar-refractivity contribution >= 4 is 32.6 Å². The minimum absolute atomic E-state index is 0.0742. The molecule has 1 rings (SSSR count). The Hall–Kier alpha value is -0.950. The van der Waals surface area contributed by atoms with Gasteiger partial charge in [-0.05, 0) is 35.3 Å². The number of pyridine rings is 1. The summed E-state index contributed by atoms with van der Waals surface area (Å²) in [6.07, 6.45) is 2.24. The van der Waals surface area contributed by atoms with E-state index in [0.29, 0.717) is 28.9 Å². The number of carbonyl (C=O) groups excluding carboxylic acids is 1. The molecule has 0 aromatic carbocycles. The Morgan fingerprint density at radius 1 is 1.56 bits per heavy atom. The second-order valence-corrected chi connectivity index (χ2v) is 6.28. The Morgan fingerprint density at radius 2 is 2.22 bits per heavy atom. The number of amides is 1. The highest BCUT2D eigenvalue weighted by atomic mass is 79.9. The van der Waals surface area contributed by atoms with Gasteiger partial charge in [0, 0.05) is 39.5 Å². The number of nitrogens with one attached hydrogen (secondary N) is 2. The summed E-state index contributed by atoms with van der Waals surface area (Å²) in [5, 5.41) is 2.63. The number of hydrogen-bond donors (Lipinski definition) is 2. The molecule has 1 aromatic heterocycles. The van der Waals surface area contributed by atoms with Crippen molar-refractivity contribution in [2.75, 3.05) is 18.6 Å². The third kappa shape index (κ3) is 4.38. The van der Waals surface area contributed by atoms with Gasteiger partial charge in [-0.15, -0.1) is 0 Å². The van der Waals surface area contributed by atoms with Crippen molar-refractivity contribution in [1.29, 1.82) is 0 Å². The van der Waals surface area contributed by atoms with E-state index in [0.717, 1.165) is 0 Å². The molecule has 100 valence electrons. The molecule has 0 saturated carbocycles. The fourth-order valence-corrected chi connectivity index (χ4v) is 2.22. The monoisotopic (exact) mass is 334 g/mol. The number of rotatable bonds is 5. The van der Waals surface area contributed by atoms with Crippen molar-refractivity contribution in [2.24, 2.45) is 0 Å². The molecule has 2 N–H and O–H groups in total. The summed E-state index contributed by atoms with van der Waals surface area (Å²) in [6, 6.07) is 1.50. The molecule has 0 aliphatic carbocycles. The molecule has 0 fully saturated rings. The Kier molecular flexibility index (Phi) is 5.74. The third-order valence-corrected chi connectivity index (χ3v) is 4.00. The molecule has 18 heavy (non-hydrogen) atoms. The molecule has 1 atom stereocenters. The van der Waals surface area contributed by atoms with Gasteiger partial charge in [0.2, 0.25) is 0 Å². The van der Waals surface area contributed by atoms with Crippen molar-refractivity contribution in [2.45, 2.75) is 13.3 Å². The van der Waals surface area contributed by atoms with Gasteiger partial charge < -0.3 is 10.3 Å². The van der Waals surface area contributed by atoms with Crippen LogP contribution in [0.25, 0.3) is 0 Å². The summed E-state index contributed by atoms with van der Waals surface area (Å²) in [6.45, 7) is 2.15. The van der Waals surface area contributed by atoms with Crippen molar-refractivity contribution in [1.82, 2.24) is 10.3 Å². The van der Waals surface area contributed by atoms with Gasteiger partial charge in [-0.2, -0.15) is 0 Å². The van der Waals surface area contributed by atoms with E-state index in [9.17, 15) is 13.8 Å². The molecule has 0 saturated heterocycles. The van der Waals surface area contributed by atoms with Gasteiger partial charge in [-0.25, -0.2) is 0 Å². The van der Waals surface area contributed by atoms with Crippen LogP contribution in [0.3, 0.4) is 0 Å². The largest absolute Gasteiger partial charge is 0.352 e. The first-order valence-electron chi connectivity index (χ1n) is 5.39. The Balaban J connectivity index is 2.65. The molecule has 0 aliphatic heterocycles. The highest BCUT2D eigenvalue weighted by Gasteiger charge is 2.11. The second kappa shape index (κ2) is 6.84. The number of hydrogen-bond acceptors (Lipinski definition) is 3. The second-order valence-electron chi connectivity index (χ2n) is 3.87. The summed E-state index contributed by atoms with van der Waals surface area (Å²) < 4.78 is 11.5. The quantitative estimate of drug-likeness (QED) is 0.786. The smallest absolute Gasteiger partial charge is 0.261 e. The molecular formula is C11H15BrN2O3S. The minimum Gasteiger partial charge on any atom is -0.352 e. The van der Waals surface area contributed by atoms with Gasteiger partial charge in [-0.3, -0.25) is 13.8 Å². The Bertz CT molecular complexity index is 528. The van der Waals surface area contributed by atoms with Crippen LogP contribution in [0.15, 0.2) is 15.3 Å². The molecule has 1 heterocycles. The van der Waals surface area contributed by atoms with Gasteiger partial charge in [-0.1, -0.05) is 0 Å². The van der Waals surface area contributed by atoms with Crippen LogP contribution in [0.5, 0.6) is 0 Å². The summed E-state index contributed by atoms with van der Waals surface area (Å²) in [4.78, 5) is 25.9. The zero-order chi connectivity index (χ0) is 13.7. The highest BCUT2D eigenvalue weighted by Crippen LogP contribution is 2.12. The summed E-state index contributed by atoms with van der Waals surface area (Å²) in [5.74, 6) is 0.118. The Labute approximate surface area is 116 Å². The van der Waals surface area contributed by atoms with E-state index in [4.69, 9.17) is 0 Å². The van der Waals surface area contributed by atoms with Crippen LogP contribution in [0, 0.1) is 6.92 Å². The van der Waals surface area contributed by atoms with E-state index < -0.39 is 22.3 Å². The van der Waals surface area contributed by atoms with E-state index in [-0.39, 0.29) is 5.56 Å². The van der Waals surface area contributed by atoms with Gasteiger partial charge in [0.15, 0.2) is 0 Å². The van der Waals surface area contributed by atoms with Crippen molar-refractivity contribution < 1.29 is 9.00 Å². The van der Waals surface area contributed by atoms with Crippen LogP contribution in [0.2, 0.25) is 0 Å². The van der Waals surface area contributed by atoms with Gasteiger partial charge in [0.05, 0.1) is 0 Å². The fourth-order valence-electron chi connectivity index (χ4n) is 1.34. The molecule has 0 bridgehead atoms. The average molecular weight is 335 g/mol. The number of carbonyl (C=O) groups is 1. The molecule has 7 heteroatoms. The molecule has 1 amide bonds. The van der Waals surface area contributed by atoms with E-state index in [1.165, 1.54) is 6.07 Å². The fraction of sp³-hybridized carbons (Fsp3) is 0.455. The molecule has 5 nitrogen and oxygen atoms in total. The zero-order valence-corrected chi connectivity index (χ0v) is 12.6. The molecule has 0 unspecified atom stereocenters. The lowest BCUT2D eigenvalue weighted by atomic mass is 10.2. The van der Waals surface area contributed by atoms with E-state index in [1.54, 1.807) is 13.2 Å². The van der Waals surface area contributed by atoms with E-state index in [1.807, 2.05) is 0 Å². The third-order valence-electron chi connectivity index (χ3n) is 2.31. The molecule has 1 aromatic rings. The first-order valence-corrected chi connectivity index (χ1v) is 7.91. The van der Waals surface area contributed by atoms with Crippen LogP contribution in [-0.4, -0.2) is 33.7 Å². The van der Waals surface area contributed by atoms with Crippen LogP contribution in [0.4, 0.5) is 0 Å². The molecule has 0 radical (unpaired) electrons. The Morgan fingerprint density at radius 3 is 2.83 bits per heavy atom. The maximum Gasteiger partial charge on any atom is 0.261 e. The van der Waals surface area contributed by atoms with Crippen molar-refractivity contribution in [3.05, 3.63) is 32.2 Å². The summed E-state index contributed by atoms with van der Waals surface area (Å²) in [5.41, 5.74) is 0.343. The first-order chi connectivity index (χ1) is 8.41. The molecular weight excluding hydrogens is 320 g/mol. The molecule has 0 spiro atoms. The number of aromatic amines is 1. The van der Waals surface area contributed by atoms with Crippen molar-refractivity contribution in [3.8, 4) is 0 Å². The summed E-state index contributed by atoms with van der Waals surface area (Å²) >= 11 is 3.26. The topological polar surface area (TPSA) is 79.0 Å². The normalized spacial score (nSPS) is 12.2. The predicted molar refractivity (Wildman–Crippen MR) is 75.4 cm³/mol. The predicted octanol–water partition coefficient (Wildman–Crippen LogP) is 0.944. The van der Waals surface area contributed by atoms with Crippen LogP contribution in [-0.2, 0) is 10.8 Å². The maximum absolute atomic E-state index is 11.7. The number of halogens is 1. The lowest BCUT2D eigenvalue weighted by Gasteiger charge is -2.05.